The van der Waals surface area contributed by atoms with Gasteiger partial charge in [-0.3, -0.25) is 9.59 Å². The van der Waals surface area contributed by atoms with E-state index >= 15 is 0 Å². The highest BCUT2D eigenvalue weighted by Crippen LogP contribution is 2.14. The van der Waals surface area contributed by atoms with Gasteiger partial charge < -0.3 is 19.7 Å². The molecule has 0 aromatic rings. The summed E-state index contributed by atoms with van der Waals surface area (Å²) in [5, 5.41) is 19.0. The molecule has 0 heterocycles. The normalized spacial score (nSPS) is 13.7. The molecule has 0 amide bonds. The van der Waals surface area contributed by atoms with Gasteiger partial charge in [0.05, 0.1) is 12.7 Å². The zero-order chi connectivity index (χ0) is 34.6. The molecule has 0 saturated carbocycles. The quantitative estimate of drug-likeness (QED) is 0.0323. The molecule has 2 atom stereocenters. The average Bonchev–Trinajstić information content (AvgIpc) is 3.06. The number of aliphatic hydroxyl groups is 2. The van der Waals surface area contributed by atoms with E-state index in [1.54, 1.807) is 6.08 Å². The fourth-order valence-electron chi connectivity index (χ4n) is 4.90. The van der Waals surface area contributed by atoms with Gasteiger partial charge in [0, 0.05) is 12.8 Å². The van der Waals surface area contributed by atoms with Gasteiger partial charge >= 0.3 is 11.9 Å². The molecule has 0 bridgehead atoms. The lowest BCUT2D eigenvalue weighted by atomic mass is 10.0. The highest BCUT2D eigenvalue weighted by atomic mass is 16.6. The van der Waals surface area contributed by atoms with Crippen molar-refractivity contribution in [3.8, 4) is 0 Å². The summed E-state index contributed by atoms with van der Waals surface area (Å²) in [5.41, 5.74) is 0. The highest BCUT2D eigenvalue weighted by molar-refractivity contribution is 5.70. The van der Waals surface area contributed by atoms with Crippen molar-refractivity contribution in [3.05, 3.63) is 60.8 Å². The molecule has 270 valence electrons. The van der Waals surface area contributed by atoms with Gasteiger partial charge in [0.25, 0.3) is 0 Å². The standard InChI is InChI=1S/C41H70O6/c1-4-38(43)32-28-24-20-16-12-7-5-6-8-14-18-22-26-30-34-41(45)47-39(35-42)36-46-40(44)33-29-25-21-17-13-10-9-11-15-19-23-27-31-37(2)3/h6-8,12,18,20,22,24,28,32,37-39,42-43H,4-5,9-11,13-17,19,21,23,25-27,29-31,33-36H2,1-3H3/b8-6-,12-7-,22-18-,24-20-,32-28+/t38-,39+/m1/s1. The van der Waals surface area contributed by atoms with E-state index in [2.05, 4.69) is 56.4 Å². The fraction of sp³-hybridized carbons (Fsp3) is 0.707. The monoisotopic (exact) mass is 659 g/mol. The van der Waals surface area contributed by atoms with Gasteiger partial charge in [-0.15, -0.1) is 0 Å². The number of hydrogen-bond acceptors (Lipinski definition) is 6. The number of allylic oxidation sites excluding steroid dienone is 9. The number of rotatable bonds is 32. The SMILES string of the molecule is CC[C@@H](O)/C=C/C=C\C/C=C\C/C=C\C/C=C\CCCC(=O)O[C@@H](CO)COC(=O)CCCCCCCCCCCCCCC(C)C. The third-order valence-electron chi connectivity index (χ3n) is 7.91. The second kappa shape index (κ2) is 34.9. The summed E-state index contributed by atoms with van der Waals surface area (Å²) in [6.07, 6.45) is 40.9. The van der Waals surface area contributed by atoms with Gasteiger partial charge in [0.2, 0.25) is 0 Å². The molecule has 0 aromatic heterocycles. The van der Waals surface area contributed by atoms with Crippen LogP contribution in [0.2, 0.25) is 0 Å². The first-order valence-electron chi connectivity index (χ1n) is 18.8. The molecule has 6 heteroatoms. The third kappa shape index (κ3) is 34.7. The van der Waals surface area contributed by atoms with Crippen LogP contribution >= 0.6 is 0 Å². The van der Waals surface area contributed by atoms with E-state index in [-0.39, 0.29) is 37.7 Å². The summed E-state index contributed by atoms with van der Waals surface area (Å²) in [5.74, 6) is 0.152. The van der Waals surface area contributed by atoms with Crippen LogP contribution in [0.25, 0.3) is 0 Å². The lowest BCUT2D eigenvalue weighted by molar-refractivity contribution is -0.161. The van der Waals surface area contributed by atoms with Crippen molar-refractivity contribution in [2.24, 2.45) is 5.92 Å². The summed E-state index contributed by atoms with van der Waals surface area (Å²) in [6.45, 7) is 6.09. The van der Waals surface area contributed by atoms with Crippen LogP contribution in [0, 0.1) is 5.92 Å². The first-order valence-corrected chi connectivity index (χ1v) is 18.8. The zero-order valence-electron chi connectivity index (χ0n) is 30.3. The summed E-state index contributed by atoms with van der Waals surface area (Å²) in [7, 11) is 0. The lowest BCUT2D eigenvalue weighted by Crippen LogP contribution is -2.28. The van der Waals surface area contributed by atoms with E-state index in [0.29, 0.717) is 12.8 Å². The molecule has 0 aliphatic rings. The Hall–Kier alpha value is -2.44. The Morgan fingerprint density at radius 1 is 0.638 bits per heavy atom. The lowest BCUT2D eigenvalue weighted by Gasteiger charge is -2.15. The van der Waals surface area contributed by atoms with Gasteiger partial charge in [0.1, 0.15) is 6.61 Å². The molecule has 0 spiro atoms. The Bertz CT molecular complexity index is 869. The average molecular weight is 659 g/mol. The summed E-state index contributed by atoms with van der Waals surface area (Å²) >= 11 is 0. The van der Waals surface area contributed by atoms with Crippen molar-refractivity contribution in [2.75, 3.05) is 13.2 Å². The molecule has 0 fully saturated rings. The number of aliphatic hydroxyl groups excluding tert-OH is 2. The number of carbonyl (C=O) groups excluding carboxylic acids is 2. The maximum Gasteiger partial charge on any atom is 0.306 e. The Kier molecular flexibility index (Phi) is 33.1. The van der Waals surface area contributed by atoms with Crippen LogP contribution in [0.1, 0.15) is 156 Å². The van der Waals surface area contributed by atoms with Crippen LogP contribution in [0.4, 0.5) is 0 Å². The molecule has 0 radical (unpaired) electrons. The van der Waals surface area contributed by atoms with E-state index in [4.69, 9.17) is 9.47 Å². The summed E-state index contributed by atoms with van der Waals surface area (Å²) < 4.78 is 10.5. The predicted molar refractivity (Wildman–Crippen MR) is 197 cm³/mol. The Balaban J connectivity index is 3.71. The number of esters is 2. The van der Waals surface area contributed by atoms with Crippen molar-refractivity contribution in [1.29, 1.82) is 0 Å². The van der Waals surface area contributed by atoms with E-state index in [1.165, 1.54) is 64.2 Å². The molecule has 0 rings (SSSR count). The number of hydrogen-bond donors (Lipinski definition) is 2. The Morgan fingerprint density at radius 2 is 1.15 bits per heavy atom. The molecule has 0 saturated heterocycles. The van der Waals surface area contributed by atoms with Gasteiger partial charge in [-0.2, -0.15) is 0 Å². The van der Waals surface area contributed by atoms with Crippen LogP contribution in [0.15, 0.2) is 60.8 Å². The fourth-order valence-corrected chi connectivity index (χ4v) is 4.90. The maximum atomic E-state index is 12.1. The topological polar surface area (TPSA) is 93.1 Å². The maximum absolute atomic E-state index is 12.1. The molecule has 0 aliphatic carbocycles. The van der Waals surface area contributed by atoms with E-state index < -0.39 is 6.10 Å². The molecule has 0 aromatic carbocycles. The van der Waals surface area contributed by atoms with Crippen LogP contribution < -0.4 is 0 Å². The summed E-state index contributed by atoms with van der Waals surface area (Å²) in [6, 6.07) is 0. The molecular formula is C41H70O6. The van der Waals surface area contributed by atoms with Crippen molar-refractivity contribution < 1.29 is 29.3 Å². The first kappa shape index (κ1) is 44.6. The minimum absolute atomic E-state index is 0.0989. The second-order valence-corrected chi connectivity index (χ2v) is 13.0. The largest absolute Gasteiger partial charge is 0.462 e. The van der Waals surface area contributed by atoms with Crippen molar-refractivity contribution in [1.82, 2.24) is 0 Å². The molecule has 0 unspecified atom stereocenters. The minimum atomic E-state index is -0.811. The van der Waals surface area contributed by atoms with E-state index in [9.17, 15) is 19.8 Å². The first-order chi connectivity index (χ1) is 22.9. The molecular weight excluding hydrogens is 588 g/mol. The smallest absolute Gasteiger partial charge is 0.306 e. The Morgan fingerprint density at radius 3 is 1.70 bits per heavy atom. The van der Waals surface area contributed by atoms with Crippen molar-refractivity contribution in [3.63, 3.8) is 0 Å². The molecule has 47 heavy (non-hydrogen) atoms. The Labute approximate surface area is 288 Å². The highest BCUT2D eigenvalue weighted by Gasteiger charge is 2.16. The molecule has 0 aliphatic heterocycles. The second-order valence-electron chi connectivity index (χ2n) is 13.0. The van der Waals surface area contributed by atoms with E-state index in [0.717, 1.165) is 57.3 Å². The number of ether oxygens (including phenoxy) is 2. The van der Waals surface area contributed by atoms with Crippen LogP contribution in [-0.4, -0.2) is 47.6 Å². The number of carbonyl (C=O) groups is 2. The van der Waals surface area contributed by atoms with Gasteiger partial charge in [-0.25, -0.2) is 0 Å². The number of unbranched alkanes of at least 4 members (excludes halogenated alkanes) is 12. The van der Waals surface area contributed by atoms with Gasteiger partial charge in [0.15, 0.2) is 6.10 Å². The summed E-state index contributed by atoms with van der Waals surface area (Å²) in [4.78, 5) is 24.2. The van der Waals surface area contributed by atoms with Crippen LogP contribution in [0.3, 0.4) is 0 Å². The van der Waals surface area contributed by atoms with Crippen LogP contribution in [0.5, 0.6) is 0 Å². The van der Waals surface area contributed by atoms with Crippen molar-refractivity contribution in [2.45, 2.75) is 168 Å². The minimum Gasteiger partial charge on any atom is -0.462 e. The van der Waals surface area contributed by atoms with Crippen LogP contribution in [-0.2, 0) is 19.1 Å². The van der Waals surface area contributed by atoms with Gasteiger partial charge in [-0.1, -0.05) is 159 Å². The van der Waals surface area contributed by atoms with Gasteiger partial charge in [-0.05, 0) is 50.9 Å². The zero-order valence-corrected chi connectivity index (χ0v) is 30.3. The molecule has 6 nitrogen and oxygen atoms in total. The predicted octanol–water partition coefficient (Wildman–Crippen LogP) is 10.4. The third-order valence-corrected chi connectivity index (χ3v) is 7.91. The van der Waals surface area contributed by atoms with Crippen molar-refractivity contribution >= 4 is 11.9 Å². The van der Waals surface area contributed by atoms with E-state index in [1.807, 2.05) is 19.1 Å². The molecule has 2 N–H and O–H groups in total.